The van der Waals surface area contributed by atoms with Crippen LogP contribution in [0.1, 0.15) is 19.8 Å². The maximum Gasteiger partial charge on any atom is 0.249 e. The van der Waals surface area contributed by atoms with Crippen LogP contribution in [0.3, 0.4) is 0 Å². The second-order valence-electron chi connectivity index (χ2n) is 5.69. The molecule has 24 heavy (non-hydrogen) atoms. The SMILES string of the molecule is CCCCNc1cnnc(Nc2ccccc2N2CCOCC2)n1. The molecule has 2 heterocycles. The number of hydrogen-bond donors (Lipinski definition) is 2. The second kappa shape index (κ2) is 8.44. The third-order valence-electron chi connectivity index (χ3n) is 3.90. The van der Waals surface area contributed by atoms with Crippen molar-refractivity contribution in [3.63, 3.8) is 0 Å². The molecule has 128 valence electrons. The lowest BCUT2D eigenvalue weighted by Crippen LogP contribution is -2.36. The van der Waals surface area contributed by atoms with Gasteiger partial charge in [-0.15, -0.1) is 5.10 Å². The van der Waals surface area contributed by atoms with E-state index in [2.05, 4.69) is 43.7 Å². The second-order valence-corrected chi connectivity index (χ2v) is 5.69. The zero-order valence-electron chi connectivity index (χ0n) is 14.0. The highest BCUT2D eigenvalue weighted by Crippen LogP contribution is 2.28. The number of hydrogen-bond acceptors (Lipinski definition) is 7. The van der Waals surface area contributed by atoms with Gasteiger partial charge in [-0.2, -0.15) is 10.1 Å². The number of unbranched alkanes of at least 4 members (excludes halogenated alkanes) is 1. The molecule has 0 saturated carbocycles. The van der Waals surface area contributed by atoms with E-state index in [0.29, 0.717) is 5.95 Å². The Bertz CT molecular complexity index is 644. The van der Waals surface area contributed by atoms with Crippen molar-refractivity contribution in [3.05, 3.63) is 30.5 Å². The summed E-state index contributed by atoms with van der Waals surface area (Å²) in [4.78, 5) is 6.80. The number of anilines is 4. The van der Waals surface area contributed by atoms with E-state index in [4.69, 9.17) is 4.74 Å². The van der Waals surface area contributed by atoms with Gasteiger partial charge in [-0.1, -0.05) is 25.5 Å². The lowest BCUT2D eigenvalue weighted by Gasteiger charge is -2.30. The van der Waals surface area contributed by atoms with Gasteiger partial charge in [-0.05, 0) is 18.6 Å². The van der Waals surface area contributed by atoms with E-state index in [1.54, 1.807) is 6.20 Å². The summed E-state index contributed by atoms with van der Waals surface area (Å²) >= 11 is 0. The van der Waals surface area contributed by atoms with Crippen molar-refractivity contribution in [2.45, 2.75) is 19.8 Å². The molecule has 0 spiro atoms. The minimum absolute atomic E-state index is 0.497. The molecule has 1 fully saturated rings. The summed E-state index contributed by atoms with van der Waals surface area (Å²) in [7, 11) is 0. The molecule has 0 aliphatic carbocycles. The number of benzene rings is 1. The number of aromatic nitrogens is 3. The number of rotatable bonds is 7. The van der Waals surface area contributed by atoms with E-state index in [0.717, 1.165) is 62.9 Å². The molecule has 7 heteroatoms. The van der Waals surface area contributed by atoms with Crippen LogP contribution in [0.5, 0.6) is 0 Å². The molecular formula is C17H24N6O. The van der Waals surface area contributed by atoms with Crippen LogP contribution in [0, 0.1) is 0 Å². The van der Waals surface area contributed by atoms with Crippen LogP contribution in [0.15, 0.2) is 30.5 Å². The number of ether oxygens (including phenoxy) is 1. The molecule has 1 aliphatic heterocycles. The van der Waals surface area contributed by atoms with Crippen LogP contribution in [0.2, 0.25) is 0 Å². The topological polar surface area (TPSA) is 75.2 Å². The van der Waals surface area contributed by atoms with Gasteiger partial charge in [0.15, 0.2) is 5.82 Å². The fourth-order valence-electron chi connectivity index (χ4n) is 2.61. The van der Waals surface area contributed by atoms with Gasteiger partial charge in [0.2, 0.25) is 5.95 Å². The molecule has 3 rings (SSSR count). The largest absolute Gasteiger partial charge is 0.378 e. The molecule has 0 amide bonds. The van der Waals surface area contributed by atoms with Crippen molar-refractivity contribution in [2.24, 2.45) is 0 Å². The van der Waals surface area contributed by atoms with Gasteiger partial charge >= 0.3 is 0 Å². The van der Waals surface area contributed by atoms with Crippen LogP contribution in [0.25, 0.3) is 0 Å². The van der Waals surface area contributed by atoms with E-state index in [9.17, 15) is 0 Å². The van der Waals surface area contributed by atoms with Crippen molar-refractivity contribution in [3.8, 4) is 0 Å². The first-order valence-electron chi connectivity index (χ1n) is 8.49. The standard InChI is InChI=1S/C17H24N6O/c1-2-3-8-18-16-13-19-22-17(21-16)20-14-6-4-5-7-15(14)23-9-11-24-12-10-23/h4-7,13H,2-3,8-12H2,1H3,(H2,18,20,21,22). The fraction of sp³-hybridized carbons (Fsp3) is 0.471. The van der Waals surface area contributed by atoms with Gasteiger partial charge in [0.25, 0.3) is 0 Å². The quantitative estimate of drug-likeness (QED) is 0.757. The maximum absolute atomic E-state index is 5.44. The molecule has 1 aliphatic rings. The molecule has 0 radical (unpaired) electrons. The van der Waals surface area contributed by atoms with Crippen molar-refractivity contribution >= 4 is 23.1 Å². The number of nitrogens with zero attached hydrogens (tertiary/aromatic N) is 4. The van der Waals surface area contributed by atoms with Crippen LogP contribution in [-0.4, -0.2) is 48.0 Å². The smallest absolute Gasteiger partial charge is 0.249 e. The van der Waals surface area contributed by atoms with Gasteiger partial charge < -0.3 is 20.3 Å². The van der Waals surface area contributed by atoms with Gasteiger partial charge in [0, 0.05) is 19.6 Å². The molecule has 2 N–H and O–H groups in total. The number of nitrogens with one attached hydrogen (secondary N) is 2. The monoisotopic (exact) mass is 328 g/mol. The summed E-state index contributed by atoms with van der Waals surface area (Å²) in [5, 5.41) is 14.7. The average molecular weight is 328 g/mol. The molecule has 7 nitrogen and oxygen atoms in total. The van der Waals surface area contributed by atoms with Gasteiger partial charge in [0.05, 0.1) is 30.8 Å². The van der Waals surface area contributed by atoms with Gasteiger partial charge in [-0.3, -0.25) is 0 Å². The molecule has 0 unspecified atom stereocenters. The molecule has 0 atom stereocenters. The van der Waals surface area contributed by atoms with Crippen LogP contribution in [-0.2, 0) is 4.74 Å². The molecular weight excluding hydrogens is 304 g/mol. The highest BCUT2D eigenvalue weighted by atomic mass is 16.5. The van der Waals surface area contributed by atoms with Crippen LogP contribution >= 0.6 is 0 Å². The molecule has 1 aromatic carbocycles. The first-order chi connectivity index (χ1) is 11.9. The Kier molecular flexibility index (Phi) is 5.79. The Morgan fingerprint density at radius 1 is 1.21 bits per heavy atom. The highest BCUT2D eigenvalue weighted by Gasteiger charge is 2.15. The average Bonchev–Trinajstić information content (AvgIpc) is 2.64. The van der Waals surface area contributed by atoms with Crippen molar-refractivity contribution in [1.29, 1.82) is 0 Å². The Labute approximate surface area is 142 Å². The van der Waals surface area contributed by atoms with E-state index in [1.807, 2.05) is 18.2 Å². The fourth-order valence-corrected chi connectivity index (χ4v) is 2.61. The zero-order valence-corrected chi connectivity index (χ0v) is 14.0. The zero-order chi connectivity index (χ0) is 16.6. The predicted molar refractivity (Wildman–Crippen MR) is 96.0 cm³/mol. The minimum atomic E-state index is 0.497. The molecule has 1 saturated heterocycles. The third-order valence-corrected chi connectivity index (χ3v) is 3.90. The predicted octanol–water partition coefficient (Wildman–Crippen LogP) is 2.66. The lowest BCUT2D eigenvalue weighted by atomic mass is 10.2. The van der Waals surface area contributed by atoms with E-state index >= 15 is 0 Å². The maximum atomic E-state index is 5.44. The van der Waals surface area contributed by atoms with E-state index < -0.39 is 0 Å². The first-order valence-corrected chi connectivity index (χ1v) is 8.49. The van der Waals surface area contributed by atoms with Gasteiger partial charge in [0.1, 0.15) is 0 Å². The van der Waals surface area contributed by atoms with E-state index in [1.165, 1.54) is 0 Å². The first kappa shape index (κ1) is 16.4. The van der Waals surface area contributed by atoms with Crippen LogP contribution in [0.4, 0.5) is 23.1 Å². The summed E-state index contributed by atoms with van der Waals surface area (Å²) in [6, 6.07) is 8.18. The highest BCUT2D eigenvalue weighted by molar-refractivity contribution is 5.73. The third kappa shape index (κ3) is 4.32. The van der Waals surface area contributed by atoms with Gasteiger partial charge in [-0.25, -0.2) is 0 Å². The number of morpholine rings is 1. The summed E-state index contributed by atoms with van der Waals surface area (Å²) in [6.45, 7) is 6.33. The lowest BCUT2D eigenvalue weighted by molar-refractivity contribution is 0.123. The van der Waals surface area contributed by atoms with Crippen molar-refractivity contribution < 1.29 is 4.74 Å². The van der Waals surface area contributed by atoms with Crippen molar-refractivity contribution in [1.82, 2.24) is 15.2 Å². The summed E-state index contributed by atoms with van der Waals surface area (Å²) in [5.74, 6) is 1.24. The Hall–Kier alpha value is -2.41. The molecule has 0 bridgehead atoms. The van der Waals surface area contributed by atoms with Crippen molar-refractivity contribution in [2.75, 3.05) is 48.4 Å². The van der Waals surface area contributed by atoms with E-state index in [-0.39, 0.29) is 0 Å². The summed E-state index contributed by atoms with van der Waals surface area (Å²) in [5.41, 5.74) is 2.11. The normalized spacial score (nSPS) is 14.5. The summed E-state index contributed by atoms with van der Waals surface area (Å²) in [6.07, 6.45) is 3.89. The summed E-state index contributed by atoms with van der Waals surface area (Å²) < 4.78 is 5.44. The Balaban J connectivity index is 1.72. The molecule has 1 aromatic heterocycles. The minimum Gasteiger partial charge on any atom is -0.378 e. The number of para-hydroxylation sites is 2. The van der Waals surface area contributed by atoms with Crippen LogP contribution < -0.4 is 15.5 Å². The molecule has 2 aromatic rings. The Morgan fingerprint density at radius 3 is 2.88 bits per heavy atom. The Morgan fingerprint density at radius 2 is 2.04 bits per heavy atom.